The molecule has 0 spiro atoms. The van der Waals surface area contributed by atoms with Gasteiger partial charge in [-0.15, -0.1) is 5.10 Å². The minimum Gasteiger partial charge on any atom is -0.383 e. The quantitative estimate of drug-likeness (QED) is 0.686. The van der Waals surface area contributed by atoms with Crippen molar-refractivity contribution in [3.8, 4) is 0 Å². The summed E-state index contributed by atoms with van der Waals surface area (Å²) in [4.78, 5) is 26.7. The van der Waals surface area contributed by atoms with Crippen molar-refractivity contribution >= 4 is 11.8 Å². The number of ether oxygens (including phenoxy) is 1. The molecule has 1 N–H and O–H groups in total. The lowest BCUT2D eigenvalue weighted by molar-refractivity contribution is -0.133. The summed E-state index contributed by atoms with van der Waals surface area (Å²) in [6, 6.07) is 0.0837. The predicted octanol–water partition coefficient (Wildman–Crippen LogP) is 2.18. The second kappa shape index (κ2) is 10.5. The number of nitrogens with zero attached hydrogens (tertiary/aromatic N) is 4. The summed E-state index contributed by atoms with van der Waals surface area (Å²) in [6.45, 7) is 2.37. The molecule has 2 aliphatic rings. The molecular formula is C20H33N5O3. The van der Waals surface area contributed by atoms with Crippen LogP contribution in [0.15, 0.2) is 6.20 Å². The van der Waals surface area contributed by atoms with Crippen molar-refractivity contribution < 1.29 is 14.3 Å². The maximum absolute atomic E-state index is 12.7. The van der Waals surface area contributed by atoms with E-state index in [0.29, 0.717) is 31.8 Å². The Kier molecular flexibility index (Phi) is 7.82. The fraction of sp³-hybridized carbons (Fsp3) is 0.800. The van der Waals surface area contributed by atoms with Crippen LogP contribution in [-0.4, -0.2) is 65.1 Å². The molecular weight excluding hydrogens is 358 g/mol. The van der Waals surface area contributed by atoms with Crippen LogP contribution in [0.5, 0.6) is 0 Å². The third-order valence-corrected chi connectivity index (χ3v) is 5.95. The van der Waals surface area contributed by atoms with E-state index < -0.39 is 0 Å². The van der Waals surface area contributed by atoms with E-state index in [0.717, 1.165) is 31.7 Å². The molecule has 0 aromatic carbocycles. The van der Waals surface area contributed by atoms with Gasteiger partial charge in [0.05, 0.1) is 18.8 Å². The standard InChI is InChI=1S/C20H33N5O3/c1-28-13-11-21-20(27)18-15-25(23-22-18)17-8-5-12-24(14-17)19(26)10-9-16-6-3-2-4-7-16/h15-17H,2-14H2,1H3,(H,21,27)/t17-/m1/s1. The zero-order valence-corrected chi connectivity index (χ0v) is 16.9. The maximum atomic E-state index is 12.7. The van der Waals surface area contributed by atoms with E-state index in [1.54, 1.807) is 18.0 Å². The number of carbonyl (C=O) groups is 2. The summed E-state index contributed by atoms with van der Waals surface area (Å²) < 4.78 is 6.67. The van der Waals surface area contributed by atoms with Gasteiger partial charge in [0.15, 0.2) is 5.69 Å². The van der Waals surface area contributed by atoms with Crippen LogP contribution in [0.3, 0.4) is 0 Å². The van der Waals surface area contributed by atoms with Crippen LogP contribution < -0.4 is 5.32 Å². The number of methoxy groups -OCH3 is 1. The van der Waals surface area contributed by atoms with Gasteiger partial charge in [0, 0.05) is 33.2 Å². The minimum atomic E-state index is -0.250. The van der Waals surface area contributed by atoms with Crippen molar-refractivity contribution in [3.05, 3.63) is 11.9 Å². The first-order valence-electron chi connectivity index (χ1n) is 10.6. The summed E-state index contributed by atoms with van der Waals surface area (Å²) in [5.74, 6) is 0.736. The Morgan fingerprint density at radius 2 is 2.04 bits per heavy atom. The van der Waals surface area contributed by atoms with Gasteiger partial charge < -0.3 is 15.0 Å². The molecule has 1 aromatic heterocycles. The fourth-order valence-electron chi connectivity index (χ4n) is 4.28. The van der Waals surface area contributed by atoms with Gasteiger partial charge in [0.25, 0.3) is 5.91 Å². The molecule has 1 atom stereocenters. The molecule has 0 radical (unpaired) electrons. The Morgan fingerprint density at radius 1 is 1.21 bits per heavy atom. The van der Waals surface area contributed by atoms with Gasteiger partial charge >= 0.3 is 0 Å². The van der Waals surface area contributed by atoms with Gasteiger partial charge in [0.2, 0.25) is 5.91 Å². The zero-order valence-electron chi connectivity index (χ0n) is 16.9. The lowest BCUT2D eigenvalue weighted by Gasteiger charge is -2.33. The van der Waals surface area contributed by atoms with Gasteiger partial charge in [-0.2, -0.15) is 0 Å². The van der Waals surface area contributed by atoms with Gasteiger partial charge in [0.1, 0.15) is 0 Å². The molecule has 1 saturated carbocycles. The number of likely N-dealkylation sites (tertiary alicyclic amines) is 1. The van der Waals surface area contributed by atoms with E-state index in [9.17, 15) is 9.59 Å². The van der Waals surface area contributed by atoms with Crippen LogP contribution >= 0.6 is 0 Å². The molecule has 1 saturated heterocycles. The molecule has 2 fully saturated rings. The lowest BCUT2D eigenvalue weighted by atomic mass is 9.86. The van der Waals surface area contributed by atoms with Crippen molar-refractivity contribution in [1.29, 1.82) is 0 Å². The van der Waals surface area contributed by atoms with E-state index in [4.69, 9.17) is 4.74 Å². The molecule has 28 heavy (non-hydrogen) atoms. The van der Waals surface area contributed by atoms with Crippen molar-refractivity contribution in [2.24, 2.45) is 5.92 Å². The number of carbonyl (C=O) groups excluding carboxylic acids is 2. The van der Waals surface area contributed by atoms with Crippen LogP contribution in [0.25, 0.3) is 0 Å². The molecule has 0 unspecified atom stereocenters. The highest BCUT2D eigenvalue weighted by Gasteiger charge is 2.26. The molecule has 3 rings (SSSR count). The molecule has 156 valence electrons. The Morgan fingerprint density at radius 3 is 2.82 bits per heavy atom. The predicted molar refractivity (Wildman–Crippen MR) is 105 cm³/mol. The molecule has 0 bridgehead atoms. The highest BCUT2D eigenvalue weighted by atomic mass is 16.5. The number of aromatic nitrogens is 3. The van der Waals surface area contributed by atoms with E-state index in [2.05, 4.69) is 15.6 Å². The lowest BCUT2D eigenvalue weighted by Crippen LogP contribution is -2.41. The fourth-order valence-corrected chi connectivity index (χ4v) is 4.28. The maximum Gasteiger partial charge on any atom is 0.273 e. The van der Waals surface area contributed by atoms with Gasteiger partial charge in [-0.3, -0.25) is 9.59 Å². The summed E-state index contributed by atoms with van der Waals surface area (Å²) in [7, 11) is 1.59. The van der Waals surface area contributed by atoms with Crippen LogP contribution in [-0.2, 0) is 9.53 Å². The van der Waals surface area contributed by atoms with Gasteiger partial charge in [-0.1, -0.05) is 37.3 Å². The summed E-state index contributed by atoms with van der Waals surface area (Å²) >= 11 is 0. The number of amides is 2. The number of hydrogen-bond acceptors (Lipinski definition) is 5. The second-order valence-electron chi connectivity index (χ2n) is 8.01. The number of nitrogens with one attached hydrogen (secondary N) is 1. The first-order valence-corrected chi connectivity index (χ1v) is 10.6. The summed E-state index contributed by atoms with van der Waals surface area (Å²) in [5, 5.41) is 10.9. The average molecular weight is 392 g/mol. The molecule has 8 nitrogen and oxygen atoms in total. The van der Waals surface area contributed by atoms with E-state index in [1.165, 1.54) is 32.1 Å². The SMILES string of the molecule is COCCNC(=O)c1cn([C@@H]2CCCN(C(=O)CCC3CCCCC3)C2)nn1. The number of rotatable bonds is 8. The van der Waals surface area contributed by atoms with Crippen molar-refractivity contribution in [3.63, 3.8) is 0 Å². The average Bonchev–Trinajstić information content (AvgIpc) is 3.23. The molecule has 1 aliphatic heterocycles. The molecule has 2 heterocycles. The van der Waals surface area contributed by atoms with Gasteiger partial charge in [-0.05, 0) is 25.2 Å². The highest BCUT2D eigenvalue weighted by Crippen LogP contribution is 2.28. The van der Waals surface area contributed by atoms with Crippen molar-refractivity contribution in [2.45, 2.75) is 63.8 Å². The minimum absolute atomic E-state index is 0.0837. The zero-order chi connectivity index (χ0) is 19.8. The Labute approximate surface area is 167 Å². The highest BCUT2D eigenvalue weighted by molar-refractivity contribution is 5.91. The van der Waals surface area contributed by atoms with Crippen molar-refractivity contribution in [1.82, 2.24) is 25.2 Å². The summed E-state index contributed by atoms with van der Waals surface area (Å²) in [5.41, 5.74) is 0.303. The second-order valence-corrected chi connectivity index (χ2v) is 8.01. The summed E-state index contributed by atoms with van der Waals surface area (Å²) in [6.07, 6.45) is 11.8. The van der Waals surface area contributed by atoms with Crippen LogP contribution in [0.2, 0.25) is 0 Å². The molecule has 1 aromatic rings. The molecule has 1 aliphatic carbocycles. The molecule has 8 heteroatoms. The van der Waals surface area contributed by atoms with E-state index in [-0.39, 0.29) is 17.9 Å². The Hall–Kier alpha value is -1.96. The van der Waals surface area contributed by atoms with Crippen LogP contribution in [0, 0.1) is 5.92 Å². The topological polar surface area (TPSA) is 89.4 Å². The number of hydrogen-bond donors (Lipinski definition) is 1. The third-order valence-electron chi connectivity index (χ3n) is 5.95. The first kappa shape index (κ1) is 20.8. The van der Waals surface area contributed by atoms with Crippen LogP contribution in [0.1, 0.15) is 74.3 Å². The largest absolute Gasteiger partial charge is 0.383 e. The van der Waals surface area contributed by atoms with Crippen molar-refractivity contribution in [2.75, 3.05) is 33.4 Å². The first-order chi connectivity index (χ1) is 13.7. The molecule has 2 amide bonds. The van der Waals surface area contributed by atoms with E-state index in [1.807, 2.05) is 4.90 Å². The van der Waals surface area contributed by atoms with Crippen LogP contribution in [0.4, 0.5) is 0 Å². The van der Waals surface area contributed by atoms with Gasteiger partial charge in [-0.25, -0.2) is 4.68 Å². The van der Waals surface area contributed by atoms with E-state index >= 15 is 0 Å². The Bertz CT molecular complexity index is 642. The number of piperidine rings is 1. The Balaban J connectivity index is 1.48. The third kappa shape index (κ3) is 5.77. The smallest absolute Gasteiger partial charge is 0.273 e. The normalized spacial score (nSPS) is 20.9. The monoisotopic (exact) mass is 391 g/mol.